The van der Waals surface area contributed by atoms with Crippen LogP contribution >= 0.6 is 0 Å². The van der Waals surface area contributed by atoms with E-state index in [9.17, 15) is 4.79 Å². The van der Waals surface area contributed by atoms with Crippen molar-refractivity contribution in [1.82, 2.24) is 4.57 Å². The molecule has 22 heavy (non-hydrogen) atoms. The SMILES string of the molecule is COc1ccc2c(c1)c(OC(C)=O)cn2-c1ccc(C)cc1. The Morgan fingerprint density at radius 1 is 1.09 bits per heavy atom. The largest absolute Gasteiger partial charge is 0.497 e. The van der Waals surface area contributed by atoms with E-state index in [-0.39, 0.29) is 5.97 Å². The van der Waals surface area contributed by atoms with Crippen LogP contribution in [0.4, 0.5) is 0 Å². The van der Waals surface area contributed by atoms with Crippen molar-refractivity contribution in [1.29, 1.82) is 0 Å². The van der Waals surface area contributed by atoms with Crippen LogP contribution in [0.5, 0.6) is 11.5 Å². The van der Waals surface area contributed by atoms with Gasteiger partial charge >= 0.3 is 5.97 Å². The zero-order valence-electron chi connectivity index (χ0n) is 12.8. The molecule has 3 aromatic rings. The molecule has 0 bridgehead atoms. The number of rotatable bonds is 3. The number of fused-ring (bicyclic) bond motifs is 1. The summed E-state index contributed by atoms with van der Waals surface area (Å²) in [4.78, 5) is 11.3. The topological polar surface area (TPSA) is 40.5 Å². The van der Waals surface area contributed by atoms with Crippen molar-refractivity contribution >= 4 is 16.9 Å². The first-order chi connectivity index (χ1) is 10.6. The summed E-state index contributed by atoms with van der Waals surface area (Å²) < 4.78 is 12.6. The monoisotopic (exact) mass is 295 g/mol. The maximum atomic E-state index is 11.3. The standard InChI is InChI=1S/C18H17NO3/c1-12-4-6-14(7-5-12)19-11-18(22-13(2)20)16-10-15(21-3)8-9-17(16)19/h4-11H,1-3H3. The molecule has 0 N–H and O–H groups in total. The van der Waals surface area contributed by atoms with Gasteiger partial charge in [0.2, 0.25) is 0 Å². The van der Waals surface area contributed by atoms with Crippen LogP contribution in [0.2, 0.25) is 0 Å². The second-order valence-electron chi connectivity index (χ2n) is 5.18. The van der Waals surface area contributed by atoms with Gasteiger partial charge in [-0.25, -0.2) is 0 Å². The highest BCUT2D eigenvalue weighted by Crippen LogP contribution is 2.33. The van der Waals surface area contributed by atoms with Gasteiger partial charge in [0, 0.05) is 18.0 Å². The summed E-state index contributed by atoms with van der Waals surface area (Å²) >= 11 is 0. The van der Waals surface area contributed by atoms with Gasteiger partial charge in [-0.2, -0.15) is 0 Å². The third kappa shape index (κ3) is 2.55. The summed E-state index contributed by atoms with van der Waals surface area (Å²) in [6, 6.07) is 13.9. The summed E-state index contributed by atoms with van der Waals surface area (Å²) in [5.74, 6) is 0.912. The first kappa shape index (κ1) is 14.2. The van der Waals surface area contributed by atoms with Gasteiger partial charge in [-0.05, 0) is 37.3 Å². The molecule has 0 amide bonds. The molecule has 0 aliphatic rings. The van der Waals surface area contributed by atoms with Gasteiger partial charge in [0.15, 0.2) is 5.75 Å². The van der Waals surface area contributed by atoms with Gasteiger partial charge in [-0.3, -0.25) is 4.79 Å². The van der Waals surface area contributed by atoms with E-state index < -0.39 is 0 Å². The minimum atomic E-state index is -0.342. The molecule has 0 saturated heterocycles. The molecule has 3 rings (SSSR count). The third-order valence-electron chi connectivity index (χ3n) is 3.54. The molecule has 0 unspecified atom stereocenters. The van der Waals surface area contributed by atoms with Crippen molar-refractivity contribution in [2.45, 2.75) is 13.8 Å². The van der Waals surface area contributed by atoms with E-state index in [1.165, 1.54) is 12.5 Å². The molecule has 0 aliphatic carbocycles. The summed E-state index contributed by atoms with van der Waals surface area (Å²) in [6.45, 7) is 3.45. The summed E-state index contributed by atoms with van der Waals surface area (Å²) in [7, 11) is 1.61. The molecule has 0 fully saturated rings. The number of carbonyl (C=O) groups is 1. The predicted octanol–water partition coefficient (Wildman–Crippen LogP) is 3.87. The number of nitrogens with zero attached hydrogens (tertiary/aromatic N) is 1. The Morgan fingerprint density at radius 2 is 1.82 bits per heavy atom. The minimum absolute atomic E-state index is 0.342. The highest BCUT2D eigenvalue weighted by Gasteiger charge is 2.13. The molecular formula is C18H17NO3. The Hall–Kier alpha value is -2.75. The Bertz CT molecular complexity index is 831. The van der Waals surface area contributed by atoms with Crippen molar-refractivity contribution in [3.05, 3.63) is 54.2 Å². The lowest BCUT2D eigenvalue weighted by Gasteiger charge is -2.06. The number of aromatic nitrogens is 1. The van der Waals surface area contributed by atoms with E-state index >= 15 is 0 Å². The molecule has 4 nitrogen and oxygen atoms in total. The Labute approximate surface area is 128 Å². The van der Waals surface area contributed by atoms with Crippen molar-refractivity contribution in [3.8, 4) is 17.2 Å². The fourth-order valence-corrected chi connectivity index (χ4v) is 2.46. The van der Waals surface area contributed by atoms with Gasteiger partial charge in [-0.15, -0.1) is 0 Å². The quantitative estimate of drug-likeness (QED) is 0.689. The minimum Gasteiger partial charge on any atom is -0.497 e. The molecule has 2 aromatic carbocycles. The Morgan fingerprint density at radius 3 is 2.45 bits per heavy atom. The zero-order valence-corrected chi connectivity index (χ0v) is 12.8. The average molecular weight is 295 g/mol. The smallest absolute Gasteiger partial charge is 0.308 e. The lowest BCUT2D eigenvalue weighted by atomic mass is 10.2. The van der Waals surface area contributed by atoms with Crippen LogP contribution in [0.15, 0.2) is 48.7 Å². The van der Waals surface area contributed by atoms with Gasteiger partial charge in [0.25, 0.3) is 0 Å². The highest BCUT2D eigenvalue weighted by molar-refractivity contribution is 5.91. The molecule has 0 atom stereocenters. The first-order valence-corrected chi connectivity index (χ1v) is 7.03. The fourth-order valence-electron chi connectivity index (χ4n) is 2.46. The second kappa shape index (κ2) is 5.56. The van der Waals surface area contributed by atoms with Crippen molar-refractivity contribution in [3.63, 3.8) is 0 Å². The van der Waals surface area contributed by atoms with E-state index in [0.29, 0.717) is 5.75 Å². The molecule has 112 valence electrons. The van der Waals surface area contributed by atoms with Gasteiger partial charge in [0.1, 0.15) is 5.75 Å². The first-order valence-electron chi connectivity index (χ1n) is 7.03. The summed E-state index contributed by atoms with van der Waals surface area (Å²) in [5.41, 5.74) is 3.17. The van der Waals surface area contributed by atoms with Crippen LogP contribution < -0.4 is 9.47 Å². The maximum Gasteiger partial charge on any atom is 0.308 e. The van der Waals surface area contributed by atoms with Crippen LogP contribution in [-0.4, -0.2) is 17.6 Å². The number of hydrogen-bond donors (Lipinski definition) is 0. The zero-order chi connectivity index (χ0) is 15.7. The maximum absolute atomic E-state index is 11.3. The van der Waals surface area contributed by atoms with E-state index in [4.69, 9.17) is 9.47 Å². The second-order valence-corrected chi connectivity index (χ2v) is 5.18. The van der Waals surface area contributed by atoms with E-state index in [1.54, 1.807) is 7.11 Å². The lowest BCUT2D eigenvalue weighted by molar-refractivity contribution is -0.131. The van der Waals surface area contributed by atoms with Gasteiger partial charge in [0.05, 0.1) is 18.8 Å². The average Bonchev–Trinajstić information content (AvgIpc) is 2.85. The van der Waals surface area contributed by atoms with Gasteiger partial charge in [-0.1, -0.05) is 17.7 Å². The van der Waals surface area contributed by atoms with E-state index in [1.807, 2.05) is 48.0 Å². The summed E-state index contributed by atoms with van der Waals surface area (Å²) in [6.07, 6.45) is 1.83. The number of hydrogen-bond acceptors (Lipinski definition) is 3. The molecule has 0 saturated carbocycles. The number of aryl methyl sites for hydroxylation is 1. The number of benzene rings is 2. The van der Waals surface area contributed by atoms with Crippen LogP contribution in [0.25, 0.3) is 16.6 Å². The van der Waals surface area contributed by atoms with E-state index in [2.05, 4.69) is 12.1 Å². The van der Waals surface area contributed by atoms with Crippen LogP contribution in [0, 0.1) is 6.92 Å². The van der Waals surface area contributed by atoms with Crippen LogP contribution in [0.3, 0.4) is 0 Å². The predicted molar refractivity (Wildman–Crippen MR) is 85.9 cm³/mol. The van der Waals surface area contributed by atoms with Crippen molar-refractivity contribution in [2.75, 3.05) is 7.11 Å². The fraction of sp³-hybridized carbons (Fsp3) is 0.167. The van der Waals surface area contributed by atoms with Crippen molar-refractivity contribution < 1.29 is 14.3 Å². The number of esters is 1. The van der Waals surface area contributed by atoms with Crippen LogP contribution in [0.1, 0.15) is 12.5 Å². The number of methoxy groups -OCH3 is 1. The molecule has 4 heteroatoms. The number of ether oxygens (including phenoxy) is 2. The highest BCUT2D eigenvalue weighted by atomic mass is 16.5. The van der Waals surface area contributed by atoms with E-state index in [0.717, 1.165) is 22.3 Å². The van der Waals surface area contributed by atoms with Gasteiger partial charge < -0.3 is 14.0 Å². The molecule has 0 aliphatic heterocycles. The number of carbonyl (C=O) groups excluding carboxylic acids is 1. The molecular weight excluding hydrogens is 278 g/mol. The summed E-state index contributed by atoms with van der Waals surface area (Å²) in [5, 5.41) is 0.843. The molecule has 1 aromatic heterocycles. The molecule has 0 spiro atoms. The normalized spacial score (nSPS) is 10.7. The van der Waals surface area contributed by atoms with Crippen molar-refractivity contribution in [2.24, 2.45) is 0 Å². The lowest BCUT2D eigenvalue weighted by Crippen LogP contribution is -2.00. The Balaban J connectivity index is 2.21. The van der Waals surface area contributed by atoms with Crippen LogP contribution in [-0.2, 0) is 4.79 Å². The Kier molecular flexibility index (Phi) is 3.59. The molecule has 1 heterocycles. The molecule has 0 radical (unpaired) electrons. The third-order valence-corrected chi connectivity index (χ3v) is 3.54.